The van der Waals surface area contributed by atoms with Gasteiger partial charge in [-0.15, -0.1) is 0 Å². The van der Waals surface area contributed by atoms with Crippen molar-refractivity contribution in [1.82, 2.24) is 0 Å². The molecule has 0 spiro atoms. The molecule has 0 nitrogen and oxygen atoms in total. The second kappa shape index (κ2) is 5.74. The minimum absolute atomic E-state index is 0.144. The fourth-order valence-electron chi connectivity index (χ4n) is 3.09. The molecular weight excluding hydrogens is 268 g/mol. The Morgan fingerprint density at radius 2 is 1.65 bits per heavy atom. The molecule has 0 bridgehead atoms. The van der Waals surface area contributed by atoms with Crippen molar-refractivity contribution < 1.29 is 17.6 Å². The smallest absolute Gasteiger partial charge is 0.207 e. The van der Waals surface area contributed by atoms with E-state index in [2.05, 4.69) is 0 Å². The summed E-state index contributed by atoms with van der Waals surface area (Å²) < 4.78 is 54.8. The average molecular weight is 288 g/mol. The highest BCUT2D eigenvalue weighted by Gasteiger charge is 2.40. The summed E-state index contributed by atoms with van der Waals surface area (Å²) in [6, 6.07) is 3.15. The lowest BCUT2D eigenvalue weighted by molar-refractivity contribution is -0.0750. The number of benzene rings is 1. The summed E-state index contributed by atoms with van der Waals surface area (Å²) in [5.41, 5.74) is 0.615. The van der Waals surface area contributed by atoms with Crippen LogP contribution in [0.25, 0.3) is 0 Å². The minimum Gasteiger partial charge on any atom is -0.207 e. The number of hydrogen-bond acceptors (Lipinski definition) is 0. The van der Waals surface area contributed by atoms with Gasteiger partial charge in [0.25, 0.3) is 5.92 Å². The van der Waals surface area contributed by atoms with Gasteiger partial charge in [0, 0.05) is 12.3 Å². The van der Waals surface area contributed by atoms with Gasteiger partial charge in [-0.25, -0.2) is 17.6 Å². The normalized spacial score (nSPS) is 23.9. The average Bonchev–Trinajstić information content (AvgIpc) is 2.45. The van der Waals surface area contributed by atoms with Crippen LogP contribution < -0.4 is 0 Å². The first kappa shape index (κ1) is 15.3. The highest BCUT2D eigenvalue weighted by molar-refractivity contribution is 5.28. The van der Waals surface area contributed by atoms with E-state index in [1.807, 2.05) is 0 Å². The molecule has 0 saturated heterocycles. The third-order valence-electron chi connectivity index (χ3n) is 4.54. The largest absolute Gasteiger partial charge is 0.250 e. The zero-order valence-corrected chi connectivity index (χ0v) is 11.9. The Morgan fingerprint density at radius 1 is 1.05 bits per heavy atom. The SMILES string of the molecule is CCC(F)(F)C1CCC(c2ccc(C)c(F)c2F)CC1. The number of hydrogen-bond donors (Lipinski definition) is 0. The van der Waals surface area contributed by atoms with Crippen LogP contribution in [0.4, 0.5) is 17.6 Å². The maximum Gasteiger partial charge on any atom is 0.250 e. The number of alkyl halides is 2. The van der Waals surface area contributed by atoms with Crippen LogP contribution in [-0.4, -0.2) is 5.92 Å². The monoisotopic (exact) mass is 288 g/mol. The Hall–Kier alpha value is -1.06. The summed E-state index contributed by atoms with van der Waals surface area (Å²) in [4.78, 5) is 0. The van der Waals surface area contributed by atoms with E-state index < -0.39 is 23.5 Å². The molecule has 0 aliphatic heterocycles. The van der Waals surface area contributed by atoms with Crippen LogP contribution in [0, 0.1) is 24.5 Å². The molecule has 0 N–H and O–H groups in total. The van der Waals surface area contributed by atoms with Crippen molar-refractivity contribution in [2.75, 3.05) is 0 Å². The Kier molecular flexibility index (Phi) is 4.40. The molecule has 1 aromatic carbocycles. The Labute approximate surface area is 117 Å². The summed E-state index contributed by atoms with van der Waals surface area (Å²) in [7, 11) is 0. The number of rotatable bonds is 3. The number of aryl methyl sites for hydroxylation is 1. The maximum absolute atomic E-state index is 13.9. The van der Waals surface area contributed by atoms with Gasteiger partial charge in [0.15, 0.2) is 11.6 Å². The molecule has 0 atom stereocenters. The summed E-state index contributed by atoms with van der Waals surface area (Å²) >= 11 is 0. The highest BCUT2D eigenvalue weighted by Crippen LogP contribution is 2.44. The lowest BCUT2D eigenvalue weighted by atomic mass is 9.75. The van der Waals surface area contributed by atoms with Crippen LogP contribution in [0.15, 0.2) is 12.1 Å². The van der Waals surface area contributed by atoms with Gasteiger partial charge in [-0.2, -0.15) is 0 Å². The zero-order chi connectivity index (χ0) is 14.9. The first-order chi connectivity index (χ1) is 9.36. The van der Waals surface area contributed by atoms with Crippen LogP contribution in [0.2, 0.25) is 0 Å². The third kappa shape index (κ3) is 2.84. The topological polar surface area (TPSA) is 0 Å². The van der Waals surface area contributed by atoms with Crippen LogP contribution in [0.1, 0.15) is 56.1 Å². The van der Waals surface area contributed by atoms with E-state index in [9.17, 15) is 17.6 Å². The molecule has 0 amide bonds. The molecule has 20 heavy (non-hydrogen) atoms. The zero-order valence-electron chi connectivity index (χ0n) is 11.9. The standard InChI is InChI=1S/C16H20F4/c1-3-16(19,20)12-7-5-11(6-8-12)13-9-4-10(2)14(17)15(13)18/h4,9,11-12H,3,5-8H2,1-2H3. The molecule has 1 aromatic rings. The van der Waals surface area contributed by atoms with Gasteiger partial charge >= 0.3 is 0 Å². The van der Waals surface area contributed by atoms with Crippen molar-refractivity contribution in [3.63, 3.8) is 0 Å². The summed E-state index contributed by atoms with van der Waals surface area (Å²) in [6.07, 6.45) is 1.59. The molecule has 0 unspecified atom stereocenters. The summed E-state index contributed by atoms with van der Waals surface area (Å²) in [5, 5.41) is 0. The van der Waals surface area contributed by atoms with E-state index in [4.69, 9.17) is 0 Å². The fraction of sp³-hybridized carbons (Fsp3) is 0.625. The molecule has 4 heteroatoms. The molecular formula is C16H20F4. The molecule has 1 aliphatic rings. The summed E-state index contributed by atoms with van der Waals surface area (Å²) in [5.74, 6) is -5.03. The maximum atomic E-state index is 13.9. The molecule has 112 valence electrons. The van der Waals surface area contributed by atoms with Gasteiger partial charge in [0.2, 0.25) is 0 Å². The quantitative estimate of drug-likeness (QED) is 0.636. The van der Waals surface area contributed by atoms with Gasteiger partial charge in [-0.3, -0.25) is 0 Å². The van der Waals surface area contributed by atoms with E-state index >= 15 is 0 Å². The molecule has 0 radical (unpaired) electrons. The van der Waals surface area contributed by atoms with Gasteiger partial charge in [0.05, 0.1) is 0 Å². The second-order valence-corrected chi connectivity index (χ2v) is 5.76. The van der Waals surface area contributed by atoms with Crippen molar-refractivity contribution in [3.8, 4) is 0 Å². The van der Waals surface area contributed by atoms with E-state index in [-0.39, 0.29) is 17.9 Å². The Bertz CT molecular complexity index is 474. The van der Waals surface area contributed by atoms with Crippen molar-refractivity contribution in [1.29, 1.82) is 0 Å². The predicted molar refractivity (Wildman–Crippen MR) is 71.0 cm³/mol. The van der Waals surface area contributed by atoms with Gasteiger partial charge in [-0.1, -0.05) is 19.1 Å². The summed E-state index contributed by atoms with van der Waals surface area (Å²) in [6.45, 7) is 3.00. The molecule has 0 heterocycles. The van der Waals surface area contributed by atoms with Gasteiger partial charge < -0.3 is 0 Å². The molecule has 1 fully saturated rings. The minimum atomic E-state index is -2.64. The van der Waals surface area contributed by atoms with Crippen molar-refractivity contribution in [2.45, 2.75) is 57.8 Å². The Morgan fingerprint density at radius 3 is 2.20 bits per heavy atom. The van der Waals surface area contributed by atoms with Crippen LogP contribution in [0.5, 0.6) is 0 Å². The van der Waals surface area contributed by atoms with E-state index in [0.717, 1.165) is 0 Å². The van der Waals surface area contributed by atoms with E-state index in [1.54, 1.807) is 12.1 Å². The second-order valence-electron chi connectivity index (χ2n) is 5.76. The van der Waals surface area contributed by atoms with Crippen LogP contribution >= 0.6 is 0 Å². The molecule has 0 aromatic heterocycles. The van der Waals surface area contributed by atoms with Crippen LogP contribution in [-0.2, 0) is 0 Å². The van der Waals surface area contributed by atoms with Crippen LogP contribution in [0.3, 0.4) is 0 Å². The van der Waals surface area contributed by atoms with Crippen molar-refractivity contribution >= 4 is 0 Å². The lowest BCUT2D eigenvalue weighted by Crippen LogP contribution is -2.31. The van der Waals surface area contributed by atoms with Crippen molar-refractivity contribution in [3.05, 3.63) is 34.9 Å². The third-order valence-corrected chi connectivity index (χ3v) is 4.54. The molecule has 2 rings (SSSR count). The first-order valence-electron chi connectivity index (χ1n) is 7.19. The Balaban J connectivity index is 2.10. The predicted octanol–water partition coefficient (Wildman–Crippen LogP) is 5.59. The van der Waals surface area contributed by atoms with Gasteiger partial charge in [-0.05, 0) is 49.7 Å². The lowest BCUT2D eigenvalue weighted by Gasteiger charge is -2.33. The van der Waals surface area contributed by atoms with Crippen molar-refractivity contribution in [2.24, 2.45) is 5.92 Å². The first-order valence-corrected chi connectivity index (χ1v) is 7.19. The number of halogens is 4. The van der Waals surface area contributed by atoms with E-state index in [1.165, 1.54) is 13.8 Å². The fourth-order valence-corrected chi connectivity index (χ4v) is 3.09. The highest BCUT2D eigenvalue weighted by atomic mass is 19.3. The van der Waals surface area contributed by atoms with E-state index in [0.29, 0.717) is 31.2 Å². The molecule has 1 aliphatic carbocycles. The molecule has 1 saturated carbocycles. The van der Waals surface area contributed by atoms with Gasteiger partial charge in [0.1, 0.15) is 0 Å².